The van der Waals surface area contributed by atoms with Crippen LogP contribution in [0.2, 0.25) is 0 Å². The maximum atomic E-state index is 10.2. The molecule has 136 valence electrons. The second kappa shape index (κ2) is 5.00. The van der Waals surface area contributed by atoms with Crippen molar-refractivity contribution in [1.29, 1.82) is 0 Å². The van der Waals surface area contributed by atoms with Crippen molar-refractivity contribution in [2.45, 2.75) is 77.2 Å². The largest absolute Gasteiger partial charge is 0.393 e. The van der Waals surface area contributed by atoms with Gasteiger partial charge < -0.3 is 5.11 Å². The SMILES string of the molecule is Cc1nn(C)c2c1C1(C)CCC3C(CC=C4CC(O)CCC43C)C1C2. The molecule has 6 atom stereocenters. The highest BCUT2D eigenvalue weighted by Crippen LogP contribution is 2.64. The molecule has 0 bridgehead atoms. The predicted molar refractivity (Wildman–Crippen MR) is 99.4 cm³/mol. The van der Waals surface area contributed by atoms with Crippen LogP contribution in [0.1, 0.15) is 69.3 Å². The van der Waals surface area contributed by atoms with Crippen LogP contribution < -0.4 is 0 Å². The Morgan fingerprint density at radius 3 is 2.68 bits per heavy atom. The monoisotopic (exact) mass is 340 g/mol. The summed E-state index contributed by atoms with van der Waals surface area (Å²) in [6.45, 7) is 7.25. The topological polar surface area (TPSA) is 38.0 Å². The third-order valence-electron chi connectivity index (χ3n) is 8.79. The van der Waals surface area contributed by atoms with Gasteiger partial charge in [0.2, 0.25) is 0 Å². The van der Waals surface area contributed by atoms with Crippen molar-refractivity contribution < 1.29 is 5.11 Å². The quantitative estimate of drug-likeness (QED) is 0.723. The molecule has 0 aromatic carbocycles. The van der Waals surface area contributed by atoms with Crippen LogP contribution >= 0.6 is 0 Å². The van der Waals surface area contributed by atoms with Gasteiger partial charge in [-0.1, -0.05) is 25.5 Å². The highest BCUT2D eigenvalue weighted by molar-refractivity contribution is 5.42. The Morgan fingerprint density at radius 1 is 1.12 bits per heavy atom. The Morgan fingerprint density at radius 2 is 1.88 bits per heavy atom. The van der Waals surface area contributed by atoms with Gasteiger partial charge >= 0.3 is 0 Å². The fourth-order valence-electron chi connectivity index (χ4n) is 7.54. The summed E-state index contributed by atoms with van der Waals surface area (Å²) in [6.07, 6.45) is 10.6. The minimum absolute atomic E-state index is 0.103. The zero-order valence-corrected chi connectivity index (χ0v) is 16.2. The van der Waals surface area contributed by atoms with Gasteiger partial charge in [0.25, 0.3) is 0 Å². The van der Waals surface area contributed by atoms with Crippen molar-refractivity contribution in [3.63, 3.8) is 0 Å². The first-order valence-electron chi connectivity index (χ1n) is 10.2. The Balaban J connectivity index is 1.55. The molecular formula is C22H32N2O. The second-order valence-corrected chi connectivity index (χ2v) is 9.85. The third kappa shape index (κ3) is 1.94. The smallest absolute Gasteiger partial charge is 0.0634 e. The van der Waals surface area contributed by atoms with Gasteiger partial charge in [0, 0.05) is 18.3 Å². The van der Waals surface area contributed by atoms with E-state index in [0.29, 0.717) is 10.8 Å². The normalized spacial score (nSPS) is 45.2. The number of rotatable bonds is 0. The average Bonchev–Trinajstić information content (AvgIpc) is 3.03. The fraction of sp³-hybridized carbons (Fsp3) is 0.773. The zero-order valence-electron chi connectivity index (χ0n) is 16.2. The molecule has 6 unspecified atom stereocenters. The number of aryl methyl sites for hydroxylation is 2. The molecule has 0 amide bonds. The molecule has 0 spiro atoms. The van der Waals surface area contributed by atoms with Gasteiger partial charge in [-0.15, -0.1) is 0 Å². The average molecular weight is 341 g/mol. The van der Waals surface area contributed by atoms with Crippen molar-refractivity contribution in [3.8, 4) is 0 Å². The predicted octanol–water partition coefficient (Wildman–Crippen LogP) is 4.07. The summed E-state index contributed by atoms with van der Waals surface area (Å²) >= 11 is 0. The number of hydrogen-bond acceptors (Lipinski definition) is 2. The minimum atomic E-state index is -0.103. The molecule has 5 rings (SSSR count). The summed E-state index contributed by atoms with van der Waals surface area (Å²) in [5, 5.41) is 14.9. The Kier molecular flexibility index (Phi) is 3.22. The Hall–Kier alpha value is -1.09. The number of nitrogens with zero attached hydrogens (tertiary/aromatic N) is 2. The number of fused-ring (bicyclic) bond motifs is 7. The van der Waals surface area contributed by atoms with E-state index in [4.69, 9.17) is 5.10 Å². The lowest BCUT2D eigenvalue weighted by atomic mass is 9.47. The number of allylic oxidation sites excluding steroid dienone is 1. The molecule has 4 aliphatic rings. The van der Waals surface area contributed by atoms with Gasteiger partial charge in [-0.05, 0) is 80.5 Å². The lowest BCUT2D eigenvalue weighted by molar-refractivity contribution is -0.0167. The van der Waals surface area contributed by atoms with Crippen LogP contribution in [-0.4, -0.2) is 21.0 Å². The molecule has 1 aromatic heterocycles. The minimum Gasteiger partial charge on any atom is -0.393 e. The van der Waals surface area contributed by atoms with Gasteiger partial charge in [0.1, 0.15) is 0 Å². The van der Waals surface area contributed by atoms with Crippen molar-refractivity contribution in [2.24, 2.45) is 30.2 Å². The van der Waals surface area contributed by atoms with Crippen LogP contribution in [0, 0.1) is 30.1 Å². The summed E-state index contributed by atoms with van der Waals surface area (Å²) in [6, 6.07) is 0. The van der Waals surface area contributed by atoms with E-state index in [1.807, 2.05) is 0 Å². The molecule has 25 heavy (non-hydrogen) atoms. The van der Waals surface area contributed by atoms with Crippen molar-refractivity contribution >= 4 is 0 Å². The number of aromatic nitrogens is 2. The molecule has 0 aliphatic heterocycles. The summed E-state index contributed by atoms with van der Waals surface area (Å²) in [5.41, 5.74) is 6.59. The van der Waals surface area contributed by atoms with Crippen LogP contribution in [0.4, 0.5) is 0 Å². The van der Waals surface area contributed by atoms with E-state index in [-0.39, 0.29) is 6.10 Å². The molecule has 1 aromatic rings. The maximum Gasteiger partial charge on any atom is 0.0634 e. The van der Waals surface area contributed by atoms with Crippen LogP contribution in [0.5, 0.6) is 0 Å². The van der Waals surface area contributed by atoms with Crippen LogP contribution in [-0.2, 0) is 18.9 Å². The van der Waals surface area contributed by atoms with E-state index in [9.17, 15) is 5.11 Å². The lowest BCUT2D eigenvalue weighted by Crippen LogP contribution is -2.51. The molecule has 3 heteroatoms. The van der Waals surface area contributed by atoms with Crippen molar-refractivity contribution in [2.75, 3.05) is 0 Å². The van der Waals surface area contributed by atoms with Gasteiger partial charge in [-0.2, -0.15) is 5.10 Å². The summed E-state index contributed by atoms with van der Waals surface area (Å²) in [5.74, 6) is 2.38. The van der Waals surface area contributed by atoms with Gasteiger partial charge in [-0.3, -0.25) is 4.68 Å². The van der Waals surface area contributed by atoms with E-state index in [0.717, 1.165) is 30.6 Å². The highest BCUT2D eigenvalue weighted by Gasteiger charge is 2.58. The van der Waals surface area contributed by atoms with Crippen LogP contribution in [0.15, 0.2) is 11.6 Å². The van der Waals surface area contributed by atoms with E-state index in [2.05, 4.69) is 38.6 Å². The first-order valence-corrected chi connectivity index (χ1v) is 10.2. The zero-order chi connectivity index (χ0) is 17.6. The first-order chi connectivity index (χ1) is 11.8. The molecule has 0 saturated heterocycles. The van der Waals surface area contributed by atoms with E-state index in [1.165, 1.54) is 43.5 Å². The molecule has 2 saturated carbocycles. The molecule has 4 aliphatic carbocycles. The molecular weight excluding hydrogens is 308 g/mol. The fourth-order valence-corrected chi connectivity index (χ4v) is 7.54. The Labute approximate surface area is 151 Å². The number of aliphatic hydroxyl groups excluding tert-OH is 1. The summed E-state index contributed by atoms with van der Waals surface area (Å²) in [4.78, 5) is 0. The van der Waals surface area contributed by atoms with E-state index >= 15 is 0 Å². The van der Waals surface area contributed by atoms with Crippen molar-refractivity contribution in [3.05, 3.63) is 28.6 Å². The van der Waals surface area contributed by atoms with Crippen LogP contribution in [0.3, 0.4) is 0 Å². The molecule has 2 fully saturated rings. The second-order valence-electron chi connectivity index (χ2n) is 9.85. The van der Waals surface area contributed by atoms with Gasteiger partial charge in [0.05, 0.1) is 11.8 Å². The molecule has 0 radical (unpaired) electrons. The first kappa shape index (κ1) is 16.1. The summed E-state index contributed by atoms with van der Waals surface area (Å²) < 4.78 is 2.16. The van der Waals surface area contributed by atoms with E-state index < -0.39 is 0 Å². The standard InChI is InChI=1S/C22H32N2O/c1-13-20-19(24(4)23-13)12-18-16-6-5-14-11-15(25)7-9-21(14,2)17(16)8-10-22(18,20)3/h5,15-18,25H,6-12H2,1-4H3. The van der Waals surface area contributed by atoms with Crippen molar-refractivity contribution in [1.82, 2.24) is 9.78 Å². The van der Waals surface area contributed by atoms with Gasteiger partial charge in [0.15, 0.2) is 0 Å². The number of aliphatic hydroxyl groups is 1. The van der Waals surface area contributed by atoms with E-state index in [1.54, 1.807) is 11.1 Å². The van der Waals surface area contributed by atoms with Gasteiger partial charge in [-0.25, -0.2) is 0 Å². The maximum absolute atomic E-state index is 10.2. The molecule has 3 nitrogen and oxygen atoms in total. The van der Waals surface area contributed by atoms with Crippen LogP contribution in [0.25, 0.3) is 0 Å². The number of hydrogen-bond donors (Lipinski definition) is 1. The molecule has 1 N–H and O–H groups in total. The molecule has 1 heterocycles. The lowest BCUT2D eigenvalue weighted by Gasteiger charge is -2.57. The third-order valence-corrected chi connectivity index (χ3v) is 8.79. The summed E-state index contributed by atoms with van der Waals surface area (Å²) in [7, 11) is 2.13. The highest BCUT2D eigenvalue weighted by atomic mass is 16.3. The Bertz CT molecular complexity index is 762.